The van der Waals surface area contributed by atoms with Gasteiger partial charge in [-0.05, 0) is 57.8 Å². The fourth-order valence-corrected chi connectivity index (χ4v) is 8.27. The minimum atomic E-state index is -0.844. The van der Waals surface area contributed by atoms with Gasteiger partial charge in [-0.3, -0.25) is 9.59 Å². The molecule has 61 heavy (non-hydrogen) atoms. The highest BCUT2D eigenvalue weighted by atomic mass is 16.5. The number of unbranched alkanes of at least 4 members (excludes halogenated alkanes) is 37. The van der Waals surface area contributed by atoms with Crippen molar-refractivity contribution in [3.63, 3.8) is 0 Å². The number of hydrogen-bond donors (Lipinski definition) is 3. The molecular weight excluding hydrogens is 755 g/mol. The quantitative estimate of drug-likeness (QED) is 0.0322. The summed E-state index contributed by atoms with van der Waals surface area (Å²) in [6.07, 6.45) is 60.5. The van der Waals surface area contributed by atoms with Gasteiger partial charge in [-0.2, -0.15) is 0 Å². The fourth-order valence-electron chi connectivity index (χ4n) is 8.27. The second kappa shape index (κ2) is 51.0. The van der Waals surface area contributed by atoms with Crippen LogP contribution in [0.2, 0.25) is 0 Å². The number of esters is 1. The van der Waals surface area contributed by atoms with Gasteiger partial charge in [0.05, 0.1) is 25.4 Å². The van der Waals surface area contributed by atoms with E-state index >= 15 is 0 Å². The molecule has 2 unspecified atom stereocenters. The highest BCUT2D eigenvalue weighted by molar-refractivity contribution is 5.76. The summed E-state index contributed by atoms with van der Waals surface area (Å²) in [7, 11) is 0. The molecule has 0 aliphatic carbocycles. The lowest BCUT2D eigenvalue weighted by molar-refractivity contribution is -0.143. The molecule has 0 aromatic heterocycles. The standard InChI is InChI=1S/C55H105NO5/c1-3-5-7-9-11-13-15-27-31-35-39-43-47-53(58)52(51-57)56-54(59)48-44-40-36-32-28-25-23-21-19-17-18-20-22-24-26-30-34-38-42-46-50-61-55(60)49-45-41-37-33-29-16-14-12-10-8-6-4-2/h12,14,43,47,52-53,57-58H,3-11,13,15-42,44-46,48-51H2,1-2H3,(H,56,59)/b14-12-,47-43+. The molecule has 0 heterocycles. The Hall–Kier alpha value is -1.66. The Morgan fingerprint density at radius 2 is 0.770 bits per heavy atom. The van der Waals surface area contributed by atoms with Gasteiger partial charge in [-0.1, -0.05) is 244 Å². The smallest absolute Gasteiger partial charge is 0.305 e. The van der Waals surface area contributed by atoms with Crippen molar-refractivity contribution >= 4 is 11.9 Å². The van der Waals surface area contributed by atoms with Crippen molar-refractivity contribution in [2.45, 2.75) is 302 Å². The molecule has 0 rings (SSSR count). The second-order valence-electron chi connectivity index (χ2n) is 18.6. The first kappa shape index (κ1) is 59.3. The number of aliphatic hydroxyl groups is 2. The summed E-state index contributed by atoms with van der Waals surface area (Å²) in [5.41, 5.74) is 0. The molecule has 0 aliphatic heterocycles. The summed E-state index contributed by atoms with van der Waals surface area (Å²) in [6.45, 7) is 4.87. The zero-order chi connectivity index (χ0) is 44.4. The van der Waals surface area contributed by atoms with Crippen LogP contribution in [0.3, 0.4) is 0 Å². The van der Waals surface area contributed by atoms with E-state index in [1.807, 2.05) is 6.08 Å². The monoisotopic (exact) mass is 860 g/mol. The number of rotatable bonds is 50. The Bertz CT molecular complexity index is 951. The number of nitrogens with one attached hydrogen (secondary N) is 1. The van der Waals surface area contributed by atoms with Crippen LogP contribution in [0.1, 0.15) is 290 Å². The number of ether oxygens (including phenoxy) is 1. The molecule has 3 N–H and O–H groups in total. The highest BCUT2D eigenvalue weighted by Crippen LogP contribution is 2.16. The summed E-state index contributed by atoms with van der Waals surface area (Å²) in [5, 5.41) is 23.0. The van der Waals surface area contributed by atoms with Crippen LogP contribution in [0.25, 0.3) is 0 Å². The van der Waals surface area contributed by atoms with E-state index in [9.17, 15) is 19.8 Å². The van der Waals surface area contributed by atoms with Crippen LogP contribution in [0.5, 0.6) is 0 Å². The van der Waals surface area contributed by atoms with Crippen molar-refractivity contribution in [3.05, 3.63) is 24.3 Å². The van der Waals surface area contributed by atoms with Gasteiger partial charge in [0.2, 0.25) is 5.91 Å². The zero-order valence-corrected chi connectivity index (χ0v) is 40.9. The van der Waals surface area contributed by atoms with E-state index in [0.29, 0.717) is 19.4 Å². The van der Waals surface area contributed by atoms with Gasteiger partial charge in [-0.15, -0.1) is 0 Å². The molecule has 360 valence electrons. The number of carbonyl (C=O) groups excluding carboxylic acids is 2. The van der Waals surface area contributed by atoms with Crippen LogP contribution in [-0.4, -0.2) is 47.4 Å². The minimum absolute atomic E-state index is 0.000474. The molecule has 0 aromatic rings. The Kier molecular flexibility index (Phi) is 49.6. The highest BCUT2D eigenvalue weighted by Gasteiger charge is 2.18. The van der Waals surface area contributed by atoms with Crippen LogP contribution in [0, 0.1) is 0 Å². The number of hydrogen-bond acceptors (Lipinski definition) is 5. The van der Waals surface area contributed by atoms with Gasteiger partial charge in [0.15, 0.2) is 0 Å². The average Bonchev–Trinajstić information content (AvgIpc) is 3.26. The van der Waals surface area contributed by atoms with Crippen molar-refractivity contribution in [1.29, 1.82) is 0 Å². The van der Waals surface area contributed by atoms with Crippen LogP contribution >= 0.6 is 0 Å². The Morgan fingerprint density at radius 1 is 0.443 bits per heavy atom. The van der Waals surface area contributed by atoms with E-state index in [0.717, 1.165) is 44.9 Å². The molecule has 0 aromatic carbocycles. The lowest BCUT2D eigenvalue weighted by Crippen LogP contribution is -2.45. The van der Waals surface area contributed by atoms with Crippen molar-refractivity contribution in [2.75, 3.05) is 13.2 Å². The summed E-state index contributed by atoms with van der Waals surface area (Å²) >= 11 is 0. The molecule has 2 atom stereocenters. The van der Waals surface area contributed by atoms with Crippen LogP contribution in [0.15, 0.2) is 24.3 Å². The predicted molar refractivity (Wildman–Crippen MR) is 264 cm³/mol. The fraction of sp³-hybridized carbons (Fsp3) is 0.891. The van der Waals surface area contributed by atoms with Crippen molar-refractivity contribution in [1.82, 2.24) is 5.32 Å². The second-order valence-corrected chi connectivity index (χ2v) is 18.6. The Balaban J connectivity index is 3.41. The van der Waals surface area contributed by atoms with Crippen LogP contribution in [0.4, 0.5) is 0 Å². The van der Waals surface area contributed by atoms with Gasteiger partial charge in [0.25, 0.3) is 0 Å². The largest absolute Gasteiger partial charge is 0.466 e. The summed E-state index contributed by atoms with van der Waals surface area (Å²) in [5.74, 6) is -0.0710. The number of allylic oxidation sites excluding steroid dienone is 3. The first-order valence-electron chi connectivity index (χ1n) is 27.1. The van der Waals surface area contributed by atoms with Gasteiger partial charge in [-0.25, -0.2) is 0 Å². The van der Waals surface area contributed by atoms with Crippen molar-refractivity contribution in [2.24, 2.45) is 0 Å². The molecule has 0 fully saturated rings. The lowest BCUT2D eigenvalue weighted by atomic mass is 10.0. The first-order chi connectivity index (χ1) is 30.0. The molecule has 6 heteroatoms. The third-order valence-corrected chi connectivity index (χ3v) is 12.5. The predicted octanol–water partition coefficient (Wildman–Crippen LogP) is 16.3. The molecule has 0 radical (unpaired) electrons. The third kappa shape index (κ3) is 47.7. The Labute approximate surface area is 380 Å². The summed E-state index contributed by atoms with van der Waals surface area (Å²) in [4.78, 5) is 24.4. The molecule has 0 spiro atoms. The maximum Gasteiger partial charge on any atom is 0.305 e. The van der Waals surface area contributed by atoms with Gasteiger partial charge >= 0.3 is 5.97 Å². The van der Waals surface area contributed by atoms with Crippen molar-refractivity contribution in [3.8, 4) is 0 Å². The van der Waals surface area contributed by atoms with E-state index in [2.05, 4.69) is 31.3 Å². The molecule has 6 nitrogen and oxygen atoms in total. The maximum absolute atomic E-state index is 12.4. The third-order valence-electron chi connectivity index (χ3n) is 12.5. The van der Waals surface area contributed by atoms with E-state index in [-0.39, 0.29) is 18.5 Å². The Morgan fingerprint density at radius 3 is 1.20 bits per heavy atom. The molecular formula is C55H105NO5. The zero-order valence-electron chi connectivity index (χ0n) is 40.9. The number of amides is 1. The number of carbonyl (C=O) groups is 2. The van der Waals surface area contributed by atoms with Gasteiger partial charge < -0.3 is 20.3 Å². The van der Waals surface area contributed by atoms with Gasteiger partial charge in [0.1, 0.15) is 0 Å². The van der Waals surface area contributed by atoms with E-state index in [1.165, 1.54) is 218 Å². The minimum Gasteiger partial charge on any atom is -0.466 e. The van der Waals surface area contributed by atoms with Crippen LogP contribution in [-0.2, 0) is 14.3 Å². The van der Waals surface area contributed by atoms with Gasteiger partial charge in [0, 0.05) is 12.8 Å². The van der Waals surface area contributed by atoms with Crippen molar-refractivity contribution < 1.29 is 24.5 Å². The topological polar surface area (TPSA) is 95.9 Å². The SMILES string of the molecule is CCCCC/C=C\CCCCCCCC(=O)OCCCCCCCCCCCCCCCCCCCCCCC(=O)NC(CO)C(O)/C=C/CCCCCCCCCCCC. The number of aliphatic hydroxyl groups excluding tert-OH is 2. The normalized spacial score (nSPS) is 12.8. The van der Waals surface area contributed by atoms with E-state index < -0.39 is 12.1 Å². The molecule has 0 aliphatic rings. The molecule has 1 amide bonds. The summed E-state index contributed by atoms with van der Waals surface area (Å²) in [6, 6.07) is -0.628. The summed E-state index contributed by atoms with van der Waals surface area (Å²) < 4.78 is 5.46. The molecule has 0 saturated carbocycles. The van der Waals surface area contributed by atoms with E-state index in [4.69, 9.17) is 4.74 Å². The maximum atomic E-state index is 12.4. The molecule has 0 saturated heterocycles. The molecule has 0 bridgehead atoms. The van der Waals surface area contributed by atoms with E-state index in [1.54, 1.807) is 6.08 Å². The average molecular weight is 860 g/mol. The van der Waals surface area contributed by atoms with Crippen LogP contribution < -0.4 is 5.32 Å². The first-order valence-corrected chi connectivity index (χ1v) is 27.1. The lowest BCUT2D eigenvalue weighted by Gasteiger charge is -2.20.